The molecule has 0 fully saturated rings. The predicted molar refractivity (Wildman–Crippen MR) is 65.6 cm³/mol. The van der Waals surface area contributed by atoms with E-state index in [2.05, 4.69) is 10.2 Å². The Labute approximate surface area is 98.2 Å². The third-order valence-electron chi connectivity index (χ3n) is 3.17. The normalized spacial score (nSPS) is 14.2. The first-order valence-electron chi connectivity index (χ1n) is 5.36. The Bertz CT molecular complexity index is 602. The number of likely N-dealkylation sites (N-methyl/N-ethyl adjacent to an activating group) is 1. The van der Waals surface area contributed by atoms with Gasteiger partial charge in [0, 0.05) is 18.3 Å². The number of carbonyl (C=O) groups is 1. The lowest BCUT2D eigenvalue weighted by molar-refractivity contribution is -0.117. The van der Waals surface area contributed by atoms with Crippen LogP contribution in [-0.4, -0.2) is 23.2 Å². The summed E-state index contributed by atoms with van der Waals surface area (Å²) in [6, 6.07) is 5.84. The van der Waals surface area contributed by atoms with Crippen LogP contribution in [0.1, 0.15) is 5.56 Å². The van der Waals surface area contributed by atoms with E-state index >= 15 is 0 Å². The molecule has 1 aliphatic rings. The van der Waals surface area contributed by atoms with Crippen molar-refractivity contribution in [1.82, 2.24) is 10.2 Å². The van der Waals surface area contributed by atoms with Crippen molar-refractivity contribution in [2.75, 3.05) is 17.7 Å². The van der Waals surface area contributed by atoms with Crippen LogP contribution in [0.3, 0.4) is 0 Å². The number of aromatic amines is 1. The maximum absolute atomic E-state index is 11.7. The number of rotatable bonds is 1. The Morgan fingerprint density at radius 2 is 2.24 bits per heavy atom. The quantitative estimate of drug-likeness (QED) is 0.769. The third-order valence-corrected chi connectivity index (χ3v) is 3.17. The van der Waals surface area contributed by atoms with Gasteiger partial charge in [0.15, 0.2) is 0 Å². The molecule has 0 unspecified atom stereocenters. The second-order valence-corrected chi connectivity index (χ2v) is 4.13. The largest absolute Gasteiger partial charge is 0.384 e. The Kier molecular flexibility index (Phi) is 1.95. The zero-order valence-corrected chi connectivity index (χ0v) is 9.40. The molecular weight excluding hydrogens is 216 g/mol. The molecule has 3 rings (SSSR count). The molecule has 2 aromatic rings. The van der Waals surface area contributed by atoms with Gasteiger partial charge in [-0.1, -0.05) is 12.1 Å². The summed E-state index contributed by atoms with van der Waals surface area (Å²) in [6.45, 7) is 0. The van der Waals surface area contributed by atoms with Crippen LogP contribution in [0.15, 0.2) is 24.4 Å². The number of hydrogen-bond donors (Lipinski definition) is 2. The lowest BCUT2D eigenvalue weighted by Crippen LogP contribution is -2.20. The standard InChI is InChI=1S/C12H12N4O/c1-16-10-4-2-3-7(8(10)5-11(16)17)9-6-14-15-12(9)13/h2-4,6H,5H2,1H3,(H3,13,14,15). The zero-order chi connectivity index (χ0) is 12.0. The third kappa shape index (κ3) is 1.32. The van der Waals surface area contributed by atoms with E-state index < -0.39 is 0 Å². The summed E-state index contributed by atoms with van der Waals surface area (Å²) in [5.74, 6) is 0.634. The lowest BCUT2D eigenvalue weighted by Gasteiger charge is -2.11. The number of carbonyl (C=O) groups excluding carboxylic acids is 1. The summed E-state index contributed by atoms with van der Waals surface area (Å²) in [5.41, 5.74) is 9.62. The molecule has 0 atom stereocenters. The molecule has 2 heterocycles. The summed E-state index contributed by atoms with van der Waals surface area (Å²) in [5, 5.41) is 6.62. The molecular formula is C12H12N4O. The van der Waals surface area contributed by atoms with Crippen molar-refractivity contribution >= 4 is 17.4 Å². The summed E-state index contributed by atoms with van der Waals surface area (Å²) >= 11 is 0. The number of H-pyrrole nitrogens is 1. The molecule has 1 aromatic carbocycles. The number of amides is 1. The second-order valence-electron chi connectivity index (χ2n) is 4.13. The molecule has 5 heteroatoms. The van der Waals surface area contributed by atoms with Crippen LogP contribution < -0.4 is 10.6 Å². The number of nitrogens with two attached hydrogens (primary N) is 1. The predicted octanol–water partition coefficient (Wildman–Crippen LogP) is 1.18. The maximum atomic E-state index is 11.7. The minimum absolute atomic E-state index is 0.106. The van der Waals surface area contributed by atoms with Gasteiger partial charge in [0.25, 0.3) is 0 Å². The molecule has 86 valence electrons. The van der Waals surface area contributed by atoms with E-state index in [1.807, 2.05) is 18.2 Å². The zero-order valence-electron chi connectivity index (χ0n) is 9.40. The van der Waals surface area contributed by atoms with E-state index in [0.29, 0.717) is 12.2 Å². The van der Waals surface area contributed by atoms with Crippen LogP contribution in [0.25, 0.3) is 11.1 Å². The number of anilines is 2. The van der Waals surface area contributed by atoms with E-state index in [9.17, 15) is 4.79 Å². The van der Waals surface area contributed by atoms with Gasteiger partial charge in [0.05, 0.1) is 12.6 Å². The van der Waals surface area contributed by atoms with Gasteiger partial charge in [-0.2, -0.15) is 5.10 Å². The van der Waals surface area contributed by atoms with Gasteiger partial charge in [-0.3, -0.25) is 9.89 Å². The summed E-state index contributed by atoms with van der Waals surface area (Å²) in [4.78, 5) is 13.4. The topological polar surface area (TPSA) is 75.0 Å². The minimum Gasteiger partial charge on any atom is -0.384 e. The van der Waals surface area contributed by atoms with Crippen molar-refractivity contribution in [3.05, 3.63) is 30.0 Å². The van der Waals surface area contributed by atoms with Crippen LogP contribution >= 0.6 is 0 Å². The first-order valence-corrected chi connectivity index (χ1v) is 5.36. The van der Waals surface area contributed by atoms with Crippen molar-refractivity contribution in [1.29, 1.82) is 0 Å². The molecule has 0 spiro atoms. The molecule has 0 saturated heterocycles. The SMILES string of the molecule is CN1C(=O)Cc2c(-c3cn[nH]c3N)cccc21. The molecule has 0 saturated carbocycles. The number of nitrogens with one attached hydrogen (secondary N) is 1. The van der Waals surface area contributed by atoms with E-state index in [1.54, 1.807) is 18.1 Å². The average molecular weight is 228 g/mol. The molecule has 1 amide bonds. The Morgan fingerprint density at radius 3 is 2.94 bits per heavy atom. The number of nitrogens with zero attached hydrogens (tertiary/aromatic N) is 2. The maximum Gasteiger partial charge on any atom is 0.231 e. The van der Waals surface area contributed by atoms with Gasteiger partial charge in [-0.15, -0.1) is 0 Å². The van der Waals surface area contributed by atoms with Crippen molar-refractivity contribution < 1.29 is 4.79 Å². The highest BCUT2D eigenvalue weighted by Gasteiger charge is 2.27. The summed E-state index contributed by atoms with van der Waals surface area (Å²) in [7, 11) is 1.79. The van der Waals surface area contributed by atoms with Crippen LogP contribution in [-0.2, 0) is 11.2 Å². The molecule has 1 aromatic heterocycles. The fraction of sp³-hybridized carbons (Fsp3) is 0.167. The number of hydrogen-bond acceptors (Lipinski definition) is 3. The van der Waals surface area contributed by atoms with Crippen LogP contribution in [0.4, 0.5) is 11.5 Å². The van der Waals surface area contributed by atoms with Gasteiger partial charge in [-0.05, 0) is 17.2 Å². The first-order chi connectivity index (χ1) is 8.18. The van der Waals surface area contributed by atoms with Gasteiger partial charge >= 0.3 is 0 Å². The molecule has 3 N–H and O–H groups in total. The van der Waals surface area contributed by atoms with Crippen LogP contribution in [0, 0.1) is 0 Å². The van der Waals surface area contributed by atoms with Crippen LogP contribution in [0.5, 0.6) is 0 Å². The number of benzene rings is 1. The minimum atomic E-state index is 0.106. The summed E-state index contributed by atoms with van der Waals surface area (Å²) < 4.78 is 0. The smallest absolute Gasteiger partial charge is 0.231 e. The Morgan fingerprint density at radius 1 is 1.41 bits per heavy atom. The number of fused-ring (bicyclic) bond motifs is 1. The number of nitrogen functional groups attached to an aromatic ring is 1. The van der Waals surface area contributed by atoms with E-state index in [4.69, 9.17) is 5.73 Å². The monoisotopic (exact) mass is 228 g/mol. The van der Waals surface area contributed by atoms with Crippen molar-refractivity contribution in [3.63, 3.8) is 0 Å². The molecule has 5 nitrogen and oxygen atoms in total. The second kappa shape index (κ2) is 3.35. The average Bonchev–Trinajstić information content (AvgIpc) is 2.85. The van der Waals surface area contributed by atoms with Crippen LogP contribution in [0.2, 0.25) is 0 Å². The van der Waals surface area contributed by atoms with Gasteiger partial charge in [0.2, 0.25) is 5.91 Å². The molecule has 0 bridgehead atoms. The Balaban J connectivity index is 2.22. The number of aromatic nitrogens is 2. The van der Waals surface area contributed by atoms with Gasteiger partial charge in [0.1, 0.15) is 5.82 Å². The van der Waals surface area contributed by atoms with Crippen molar-refractivity contribution in [3.8, 4) is 11.1 Å². The lowest BCUT2D eigenvalue weighted by atomic mass is 10.00. The highest BCUT2D eigenvalue weighted by molar-refractivity contribution is 6.03. The van der Waals surface area contributed by atoms with E-state index in [-0.39, 0.29) is 5.91 Å². The fourth-order valence-corrected chi connectivity index (χ4v) is 2.24. The van der Waals surface area contributed by atoms with Gasteiger partial charge < -0.3 is 10.6 Å². The molecule has 0 aliphatic carbocycles. The molecule has 0 radical (unpaired) electrons. The highest BCUT2D eigenvalue weighted by Crippen LogP contribution is 2.37. The first kappa shape index (κ1) is 9.89. The Hall–Kier alpha value is -2.30. The summed E-state index contributed by atoms with van der Waals surface area (Å²) in [6.07, 6.45) is 2.11. The van der Waals surface area contributed by atoms with Crippen molar-refractivity contribution in [2.45, 2.75) is 6.42 Å². The highest BCUT2D eigenvalue weighted by atomic mass is 16.2. The van der Waals surface area contributed by atoms with E-state index in [1.165, 1.54) is 0 Å². The molecule has 17 heavy (non-hydrogen) atoms. The fourth-order valence-electron chi connectivity index (χ4n) is 2.24. The van der Waals surface area contributed by atoms with E-state index in [0.717, 1.165) is 22.4 Å². The molecule has 1 aliphatic heterocycles. The van der Waals surface area contributed by atoms with Gasteiger partial charge in [-0.25, -0.2) is 0 Å². The van der Waals surface area contributed by atoms with Crippen molar-refractivity contribution in [2.24, 2.45) is 0 Å².